The van der Waals surface area contributed by atoms with Crippen LogP contribution in [0.1, 0.15) is 83.1 Å². The van der Waals surface area contributed by atoms with Crippen LogP contribution in [0, 0.1) is 28.6 Å². The van der Waals surface area contributed by atoms with Crippen molar-refractivity contribution in [2.75, 3.05) is 33.2 Å². The van der Waals surface area contributed by atoms with Crippen molar-refractivity contribution >= 4 is 6.09 Å². The number of amides is 1. The molecule has 0 aromatic carbocycles. The van der Waals surface area contributed by atoms with E-state index in [0.717, 1.165) is 89.5 Å². The van der Waals surface area contributed by atoms with Crippen LogP contribution >= 0.6 is 0 Å². The second-order valence-electron chi connectivity index (χ2n) is 13.4. The molecule has 7 nitrogen and oxygen atoms in total. The molecule has 204 valence electrons. The minimum atomic E-state index is -0.685. The van der Waals surface area contributed by atoms with E-state index in [1.165, 1.54) is 6.07 Å². The topological polar surface area (TPSA) is 83.2 Å². The average Bonchev–Trinajstić information content (AvgIpc) is 3.16. The zero-order valence-corrected chi connectivity index (χ0v) is 22.8. The van der Waals surface area contributed by atoms with E-state index >= 15 is 0 Å². The number of carbonyl (C=O) groups is 1. The van der Waals surface area contributed by atoms with Crippen molar-refractivity contribution in [2.45, 2.75) is 89.3 Å². The Morgan fingerprint density at radius 2 is 1.78 bits per heavy atom. The van der Waals surface area contributed by atoms with Gasteiger partial charge in [-0.3, -0.25) is 0 Å². The number of piperazine rings is 1. The summed E-state index contributed by atoms with van der Waals surface area (Å²) in [5.41, 5.74) is 0.0389. The smallest absolute Gasteiger partial charge is 0.410 e. The van der Waals surface area contributed by atoms with Gasteiger partial charge in [-0.2, -0.15) is 0 Å². The number of fused-ring (bicyclic) bond motifs is 5. The molecule has 1 amide bonds. The van der Waals surface area contributed by atoms with Crippen molar-refractivity contribution in [1.82, 2.24) is 9.80 Å². The van der Waals surface area contributed by atoms with Gasteiger partial charge in [-0.05, 0) is 106 Å². The zero-order chi connectivity index (χ0) is 26.0. The number of likely N-dealkylation sites (N-methyl/N-ethyl adjacent to an activating group) is 1. The molecule has 4 aliphatic carbocycles. The molecule has 1 N–H and O–H groups in total. The summed E-state index contributed by atoms with van der Waals surface area (Å²) in [4.78, 5) is 28.5. The van der Waals surface area contributed by atoms with Crippen LogP contribution in [0.5, 0.6) is 0 Å². The van der Waals surface area contributed by atoms with Crippen molar-refractivity contribution in [3.63, 3.8) is 0 Å². The summed E-state index contributed by atoms with van der Waals surface area (Å²) in [6, 6.07) is 3.42. The third-order valence-electron chi connectivity index (χ3n) is 12.0. The van der Waals surface area contributed by atoms with Crippen molar-refractivity contribution in [3.05, 3.63) is 34.4 Å². The number of carbonyl (C=O) groups excluding carboxylic acids is 1. The molecule has 4 saturated carbocycles. The molecule has 0 radical (unpaired) electrons. The molecule has 8 atom stereocenters. The largest absolute Gasteiger partial charge is 0.446 e. The summed E-state index contributed by atoms with van der Waals surface area (Å²) in [6.07, 6.45) is 10.5. The third kappa shape index (κ3) is 3.98. The fourth-order valence-corrected chi connectivity index (χ4v) is 9.60. The van der Waals surface area contributed by atoms with Gasteiger partial charge in [-0.25, -0.2) is 9.59 Å². The van der Waals surface area contributed by atoms with Crippen LogP contribution in [0.4, 0.5) is 4.79 Å². The van der Waals surface area contributed by atoms with Crippen molar-refractivity contribution < 1.29 is 19.1 Å². The lowest BCUT2D eigenvalue weighted by Crippen LogP contribution is -2.62. The maximum absolute atomic E-state index is 12.8. The van der Waals surface area contributed by atoms with Crippen molar-refractivity contribution in [3.8, 4) is 0 Å². The fraction of sp³-hybridized carbons (Fsp3) is 0.800. The number of nitrogens with zero attached hydrogens (tertiary/aromatic N) is 2. The van der Waals surface area contributed by atoms with Gasteiger partial charge in [0.2, 0.25) is 0 Å². The molecule has 0 spiro atoms. The first-order valence-corrected chi connectivity index (χ1v) is 14.6. The van der Waals surface area contributed by atoms with E-state index in [1.807, 2.05) is 11.0 Å². The van der Waals surface area contributed by atoms with Gasteiger partial charge < -0.3 is 24.1 Å². The Bertz CT molecular complexity index is 1060. The van der Waals surface area contributed by atoms with E-state index in [1.54, 1.807) is 6.26 Å². The number of hydrogen-bond acceptors (Lipinski definition) is 6. The summed E-state index contributed by atoms with van der Waals surface area (Å²) >= 11 is 0. The van der Waals surface area contributed by atoms with Crippen LogP contribution in [-0.4, -0.2) is 65.9 Å². The Balaban J connectivity index is 1.15. The minimum absolute atomic E-state index is 0.0160. The van der Waals surface area contributed by atoms with Gasteiger partial charge in [0, 0.05) is 37.7 Å². The Morgan fingerprint density at radius 3 is 2.51 bits per heavy atom. The van der Waals surface area contributed by atoms with Gasteiger partial charge in [0.1, 0.15) is 6.10 Å². The summed E-state index contributed by atoms with van der Waals surface area (Å²) < 4.78 is 11.3. The van der Waals surface area contributed by atoms with Crippen molar-refractivity contribution in [1.29, 1.82) is 0 Å². The number of rotatable bonds is 2. The molecule has 6 rings (SSSR count). The average molecular weight is 513 g/mol. The summed E-state index contributed by atoms with van der Waals surface area (Å²) in [6.45, 7) is 8.07. The molecule has 5 aliphatic rings. The molecule has 0 bridgehead atoms. The second kappa shape index (κ2) is 9.11. The molecule has 1 aliphatic heterocycles. The highest BCUT2D eigenvalue weighted by atomic mass is 16.6. The molecule has 5 fully saturated rings. The lowest BCUT2D eigenvalue weighted by molar-refractivity contribution is -0.205. The molecule has 1 saturated heterocycles. The van der Waals surface area contributed by atoms with Gasteiger partial charge in [-0.1, -0.05) is 13.8 Å². The molecule has 37 heavy (non-hydrogen) atoms. The lowest BCUT2D eigenvalue weighted by atomic mass is 9.43. The van der Waals surface area contributed by atoms with Gasteiger partial charge in [0.05, 0.1) is 11.9 Å². The quantitative estimate of drug-likeness (QED) is 0.622. The molecule has 1 aromatic heterocycles. The molecule has 1 aromatic rings. The predicted molar refractivity (Wildman–Crippen MR) is 140 cm³/mol. The van der Waals surface area contributed by atoms with Crippen LogP contribution in [0.2, 0.25) is 0 Å². The minimum Gasteiger partial charge on any atom is -0.446 e. The molecule has 0 unspecified atom stereocenters. The lowest BCUT2D eigenvalue weighted by Gasteiger charge is -2.63. The zero-order valence-electron chi connectivity index (χ0n) is 22.8. The summed E-state index contributed by atoms with van der Waals surface area (Å²) in [5, 5.41) is 12.4. The van der Waals surface area contributed by atoms with Crippen LogP contribution in [0.3, 0.4) is 0 Å². The fourth-order valence-electron chi connectivity index (χ4n) is 9.60. The Kier molecular flexibility index (Phi) is 6.26. The third-order valence-corrected chi connectivity index (χ3v) is 12.0. The molecular formula is C30H44N2O5. The van der Waals surface area contributed by atoms with E-state index in [9.17, 15) is 14.7 Å². The highest BCUT2D eigenvalue weighted by Crippen LogP contribution is 2.70. The van der Waals surface area contributed by atoms with Crippen molar-refractivity contribution in [2.24, 2.45) is 28.6 Å². The first-order chi connectivity index (χ1) is 17.6. The summed E-state index contributed by atoms with van der Waals surface area (Å²) in [7, 11) is 2.10. The Labute approximate surface area is 220 Å². The van der Waals surface area contributed by atoms with E-state index < -0.39 is 5.60 Å². The van der Waals surface area contributed by atoms with Gasteiger partial charge in [-0.15, -0.1) is 0 Å². The van der Waals surface area contributed by atoms with Gasteiger partial charge in [0.25, 0.3) is 0 Å². The highest BCUT2D eigenvalue weighted by molar-refractivity contribution is 5.68. The van der Waals surface area contributed by atoms with E-state index in [4.69, 9.17) is 9.15 Å². The van der Waals surface area contributed by atoms with Gasteiger partial charge in [0.15, 0.2) is 0 Å². The highest BCUT2D eigenvalue weighted by Gasteiger charge is 2.67. The summed E-state index contributed by atoms with van der Waals surface area (Å²) in [5.74, 6) is 1.57. The van der Waals surface area contributed by atoms with Crippen LogP contribution in [0.15, 0.2) is 27.6 Å². The molecular weight excluding hydrogens is 468 g/mol. The first-order valence-electron chi connectivity index (χ1n) is 14.6. The maximum atomic E-state index is 12.8. The molecule has 2 heterocycles. The number of aliphatic hydroxyl groups is 1. The monoisotopic (exact) mass is 512 g/mol. The normalized spacial score (nSPS) is 44.0. The van der Waals surface area contributed by atoms with Crippen LogP contribution in [0.25, 0.3) is 0 Å². The second-order valence-corrected chi connectivity index (χ2v) is 13.4. The number of ether oxygens (including phenoxy) is 1. The van der Waals surface area contributed by atoms with E-state index in [-0.39, 0.29) is 34.6 Å². The SMILES string of the molecule is CN1CCN(C(=O)O[C@H]2CC[C@@]3(C)[C@H](CC[C@@H]4[C@@H]3CC[C@]3(C)[C@@H](c5ccc(=O)oc5)CC[C@]43O)C2)CC1. The van der Waals surface area contributed by atoms with E-state index in [2.05, 4.69) is 25.8 Å². The van der Waals surface area contributed by atoms with E-state index in [0.29, 0.717) is 17.8 Å². The Morgan fingerprint density at radius 1 is 1.00 bits per heavy atom. The predicted octanol–water partition coefficient (Wildman–Crippen LogP) is 4.63. The number of hydrogen-bond donors (Lipinski definition) is 1. The van der Waals surface area contributed by atoms with Crippen LogP contribution < -0.4 is 5.63 Å². The Hall–Kier alpha value is -1.86. The maximum Gasteiger partial charge on any atom is 0.410 e. The van der Waals surface area contributed by atoms with Crippen LogP contribution in [-0.2, 0) is 4.74 Å². The molecule has 7 heteroatoms. The standard InChI is InChI=1S/C30H44N2O5/c1-28-11-8-22(37-27(34)32-16-14-31(3)15-17-32)18-21(28)5-6-25-24(28)9-12-29(2)23(10-13-30(25,29)35)20-4-7-26(33)36-19-20/h4,7,19,21-25,35H,5-6,8-18H2,1-3H3/t21-,22+,23-,24+,25-,28+,29-,30+/m1/s1. The first kappa shape index (κ1) is 25.4. The van der Waals surface area contributed by atoms with Gasteiger partial charge >= 0.3 is 11.7 Å².